The van der Waals surface area contributed by atoms with Crippen LogP contribution in [0.3, 0.4) is 0 Å². The van der Waals surface area contributed by atoms with Gasteiger partial charge >= 0.3 is 0 Å². The highest BCUT2D eigenvalue weighted by atomic mass is 16.5. The van der Waals surface area contributed by atoms with Crippen LogP contribution in [0.1, 0.15) is 37.5 Å². The lowest BCUT2D eigenvalue weighted by Gasteiger charge is -2.12. The molecule has 0 fully saturated rings. The molecular weight excluding hydrogens is 306 g/mol. The lowest BCUT2D eigenvalue weighted by molar-refractivity contribution is 0.245. The van der Waals surface area contributed by atoms with Crippen molar-refractivity contribution < 1.29 is 14.2 Å². The van der Waals surface area contributed by atoms with Crippen LogP contribution in [0.2, 0.25) is 0 Å². The minimum Gasteiger partial charge on any atom is -0.472 e. The molecule has 0 N–H and O–H groups in total. The summed E-state index contributed by atoms with van der Waals surface area (Å²) in [5.74, 6) is 1.97. The van der Waals surface area contributed by atoms with Crippen molar-refractivity contribution >= 4 is 17.7 Å². The number of aliphatic imine (C=N–C) groups is 3. The zero-order valence-electron chi connectivity index (χ0n) is 14.2. The summed E-state index contributed by atoms with van der Waals surface area (Å²) in [4.78, 5) is 13.5. The van der Waals surface area contributed by atoms with Crippen molar-refractivity contribution in [3.8, 4) is 0 Å². The van der Waals surface area contributed by atoms with E-state index in [2.05, 4.69) is 15.0 Å². The molecule has 126 valence electrons. The Morgan fingerprint density at radius 2 is 0.917 bits per heavy atom. The molecule has 0 spiro atoms. The van der Waals surface area contributed by atoms with E-state index in [1.807, 2.05) is 39.0 Å². The third-order valence-electron chi connectivity index (χ3n) is 4.09. The van der Waals surface area contributed by atoms with E-state index >= 15 is 0 Å². The van der Waals surface area contributed by atoms with Gasteiger partial charge in [0.1, 0.15) is 18.3 Å². The summed E-state index contributed by atoms with van der Waals surface area (Å²) in [6.07, 6.45) is 0.312. The van der Waals surface area contributed by atoms with Crippen molar-refractivity contribution in [1.82, 2.24) is 0 Å². The maximum Gasteiger partial charge on any atom is 0.216 e. The highest BCUT2D eigenvalue weighted by Gasteiger charge is 2.24. The van der Waals surface area contributed by atoms with Crippen molar-refractivity contribution in [1.29, 1.82) is 0 Å². The zero-order chi connectivity index (χ0) is 16.7. The quantitative estimate of drug-likeness (QED) is 0.855. The fraction of sp³-hybridized carbons (Fsp3) is 0.500. The maximum absolute atomic E-state index is 5.81. The van der Waals surface area contributed by atoms with Crippen LogP contribution >= 0.6 is 0 Å². The second-order valence-electron chi connectivity index (χ2n) is 6.52. The number of hydrogen-bond donors (Lipinski definition) is 0. The summed E-state index contributed by atoms with van der Waals surface area (Å²) < 4.78 is 17.4. The van der Waals surface area contributed by atoms with Crippen LogP contribution in [0.4, 0.5) is 0 Å². The minimum atomic E-state index is 0.104. The molecule has 3 unspecified atom stereocenters. The molecule has 3 heterocycles. The van der Waals surface area contributed by atoms with Gasteiger partial charge in [-0.05, 0) is 39.0 Å². The van der Waals surface area contributed by atoms with Gasteiger partial charge in [0.15, 0.2) is 0 Å². The van der Waals surface area contributed by atoms with Gasteiger partial charge in [-0.2, -0.15) is 0 Å². The van der Waals surface area contributed by atoms with Crippen molar-refractivity contribution in [3.05, 3.63) is 34.9 Å². The molecule has 0 saturated heterocycles. The smallest absolute Gasteiger partial charge is 0.216 e. The van der Waals surface area contributed by atoms with E-state index in [0.29, 0.717) is 37.3 Å². The second-order valence-corrected chi connectivity index (χ2v) is 6.52. The molecule has 6 nitrogen and oxygen atoms in total. The maximum atomic E-state index is 5.81. The van der Waals surface area contributed by atoms with Gasteiger partial charge in [-0.3, -0.25) is 0 Å². The summed E-state index contributed by atoms with van der Waals surface area (Å²) >= 11 is 0. The van der Waals surface area contributed by atoms with Gasteiger partial charge in [0.25, 0.3) is 0 Å². The lowest BCUT2D eigenvalue weighted by Crippen LogP contribution is -2.14. The summed E-state index contributed by atoms with van der Waals surface area (Å²) in [6, 6.07) is 6.03. The van der Waals surface area contributed by atoms with Crippen molar-refractivity contribution in [2.75, 3.05) is 19.6 Å². The highest BCUT2D eigenvalue weighted by Crippen LogP contribution is 2.22. The molecule has 24 heavy (non-hydrogen) atoms. The Morgan fingerprint density at radius 1 is 0.625 bits per heavy atom. The van der Waals surface area contributed by atoms with Gasteiger partial charge in [-0.25, -0.2) is 15.0 Å². The largest absolute Gasteiger partial charge is 0.472 e. The molecular formula is C18H21N3O3. The molecule has 4 rings (SSSR count). The minimum absolute atomic E-state index is 0.104. The molecule has 3 aliphatic heterocycles. The molecule has 0 amide bonds. The van der Waals surface area contributed by atoms with E-state index in [0.717, 1.165) is 16.7 Å². The van der Waals surface area contributed by atoms with E-state index in [1.165, 1.54) is 0 Å². The molecule has 3 aliphatic rings. The third-order valence-corrected chi connectivity index (χ3v) is 4.09. The van der Waals surface area contributed by atoms with Crippen LogP contribution in [-0.2, 0) is 14.2 Å². The third kappa shape index (κ3) is 2.88. The molecule has 1 aromatic rings. The molecule has 0 radical (unpaired) electrons. The number of rotatable bonds is 3. The van der Waals surface area contributed by atoms with Crippen LogP contribution in [-0.4, -0.2) is 55.6 Å². The van der Waals surface area contributed by atoms with Gasteiger partial charge in [-0.15, -0.1) is 0 Å². The summed E-state index contributed by atoms with van der Waals surface area (Å²) in [7, 11) is 0. The topological polar surface area (TPSA) is 64.8 Å². The molecule has 0 aliphatic carbocycles. The highest BCUT2D eigenvalue weighted by molar-refractivity contribution is 6.05. The van der Waals surface area contributed by atoms with E-state index in [4.69, 9.17) is 14.2 Å². The van der Waals surface area contributed by atoms with Crippen LogP contribution < -0.4 is 0 Å². The first-order valence-electron chi connectivity index (χ1n) is 8.38. The normalized spacial score (nSPS) is 28.6. The van der Waals surface area contributed by atoms with E-state index in [-0.39, 0.29) is 18.3 Å². The molecule has 6 heteroatoms. The Hall–Kier alpha value is -2.37. The zero-order valence-corrected chi connectivity index (χ0v) is 14.2. The second kappa shape index (κ2) is 5.92. The van der Waals surface area contributed by atoms with Crippen molar-refractivity contribution in [2.45, 2.75) is 39.1 Å². The molecule has 0 aromatic heterocycles. The number of nitrogens with zero attached hydrogens (tertiary/aromatic N) is 3. The standard InChI is InChI=1S/C18H21N3O3/c1-10-7-19-16(22-10)13-4-14(17-20-8-11(2)23-17)6-15(5-13)18-21-9-12(3)24-18/h4-6,10-12H,7-9H2,1-3H3. The average molecular weight is 327 g/mol. The van der Waals surface area contributed by atoms with Crippen molar-refractivity contribution in [2.24, 2.45) is 15.0 Å². The molecule has 1 aromatic carbocycles. The van der Waals surface area contributed by atoms with Crippen molar-refractivity contribution in [3.63, 3.8) is 0 Å². The fourth-order valence-electron chi connectivity index (χ4n) is 2.91. The lowest BCUT2D eigenvalue weighted by atomic mass is 10.0. The molecule has 0 bridgehead atoms. The Labute approximate surface area is 141 Å². The first kappa shape index (κ1) is 15.2. The summed E-state index contributed by atoms with van der Waals surface area (Å²) in [5.41, 5.74) is 2.72. The number of ether oxygens (including phenoxy) is 3. The Balaban J connectivity index is 1.73. The van der Waals surface area contributed by atoms with Gasteiger partial charge in [0, 0.05) is 16.7 Å². The van der Waals surface area contributed by atoms with Gasteiger partial charge in [-0.1, -0.05) is 0 Å². The summed E-state index contributed by atoms with van der Waals surface area (Å²) in [5, 5.41) is 0. The van der Waals surface area contributed by atoms with E-state index in [1.54, 1.807) is 0 Å². The Morgan fingerprint density at radius 3 is 1.12 bits per heavy atom. The number of benzene rings is 1. The number of hydrogen-bond acceptors (Lipinski definition) is 6. The molecule has 3 atom stereocenters. The van der Waals surface area contributed by atoms with Crippen LogP contribution in [0.15, 0.2) is 33.2 Å². The SMILES string of the molecule is CC1CN=C(c2cc(C3=NCC(C)O3)cc(C3=NCC(C)O3)c2)O1. The predicted octanol–water partition coefficient (Wildman–Crippen LogP) is 2.18. The van der Waals surface area contributed by atoms with Crippen LogP contribution in [0, 0.1) is 0 Å². The van der Waals surface area contributed by atoms with Gasteiger partial charge < -0.3 is 14.2 Å². The van der Waals surface area contributed by atoms with Gasteiger partial charge in [0.2, 0.25) is 17.7 Å². The monoisotopic (exact) mass is 327 g/mol. The first-order chi connectivity index (χ1) is 11.6. The predicted molar refractivity (Wildman–Crippen MR) is 92.3 cm³/mol. The summed E-state index contributed by atoms with van der Waals surface area (Å²) in [6.45, 7) is 8.07. The average Bonchev–Trinajstić information content (AvgIpc) is 3.28. The van der Waals surface area contributed by atoms with Crippen LogP contribution in [0.5, 0.6) is 0 Å². The van der Waals surface area contributed by atoms with E-state index in [9.17, 15) is 0 Å². The van der Waals surface area contributed by atoms with E-state index < -0.39 is 0 Å². The Kier molecular flexibility index (Phi) is 3.75. The fourth-order valence-corrected chi connectivity index (χ4v) is 2.91. The Bertz CT molecular complexity index is 642. The van der Waals surface area contributed by atoms with Crippen LogP contribution in [0.25, 0.3) is 0 Å². The molecule has 0 saturated carbocycles. The van der Waals surface area contributed by atoms with Gasteiger partial charge in [0.05, 0.1) is 19.6 Å². The first-order valence-corrected chi connectivity index (χ1v) is 8.38.